The third-order valence-electron chi connectivity index (χ3n) is 3.59. The second kappa shape index (κ2) is 12.4. The van der Waals surface area contributed by atoms with Crippen molar-refractivity contribution in [2.45, 2.75) is 77.9 Å². The predicted molar refractivity (Wildman–Crippen MR) is 108 cm³/mol. The highest BCUT2D eigenvalue weighted by molar-refractivity contribution is 5.79. The summed E-state index contributed by atoms with van der Waals surface area (Å²) in [5.41, 5.74) is -1.02. The lowest BCUT2D eigenvalue weighted by Crippen LogP contribution is -2.54. The highest BCUT2D eigenvalue weighted by Gasteiger charge is 2.24. The molecular formula is C19H38N4O4. The van der Waals surface area contributed by atoms with Crippen LogP contribution in [0, 0.1) is 0 Å². The van der Waals surface area contributed by atoms with Gasteiger partial charge in [-0.1, -0.05) is 12.8 Å². The molecule has 3 N–H and O–H groups in total. The summed E-state index contributed by atoms with van der Waals surface area (Å²) in [6.07, 6.45) is 3.91. The van der Waals surface area contributed by atoms with Gasteiger partial charge < -0.3 is 25.4 Å². The van der Waals surface area contributed by atoms with Crippen molar-refractivity contribution >= 4 is 18.0 Å². The quantitative estimate of drug-likeness (QED) is 0.231. The number of carbonyl (C=O) groups excluding carboxylic acids is 2. The standard InChI is InChI=1S/C19H38N4O4/c1-18(2,3)27-17(25)23-19(4,5)14-22-16(20-6)21-13-11-9-8-10-12-15(24)26-7/h8-14H2,1-7H3,(H,23,25)(H2,20,21,22). The van der Waals surface area contributed by atoms with E-state index in [1.165, 1.54) is 7.11 Å². The second-order valence-corrected chi connectivity index (χ2v) is 8.10. The fourth-order valence-electron chi connectivity index (χ4n) is 2.21. The van der Waals surface area contributed by atoms with Crippen LogP contribution in [0.1, 0.15) is 66.7 Å². The van der Waals surface area contributed by atoms with Crippen LogP contribution in [-0.2, 0) is 14.3 Å². The minimum atomic E-state index is -0.526. The number of methoxy groups -OCH3 is 1. The zero-order valence-corrected chi connectivity index (χ0v) is 18.0. The fourth-order valence-corrected chi connectivity index (χ4v) is 2.21. The van der Waals surface area contributed by atoms with Crippen LogP contribution in [0.5, 0.6) is 0 Å². The molecule has 0 radical (unpaired) electrons. The lowest BCUT2D eigenvalue weighted by atomic mass is 10.1. The Kier molecular flexibility index (Phi) is 11.5. The minimum Gasteiger partial charge on any atom is -0.469 e. The number of alkyl carbamates (subject to hydrolysis) is 1. The van der Waals surface area contributed by atoms with E-state index in [-0.39, 0.29) is 5.97 Å². The molecule has 0 aromatic rings. The number of amides is 1. The van der Waals surface area contributed by atoms with Gasteiger partial charge in [0.1, 0.15) is 5.60 Å². The molecule has 8 heteroatoms. The Morgan fingerprint density at radius 2 is 1.59 bits per heavy atom. The maximum absolute atomic E-state index is 11.9. The number of nitrogens with zero attached hydrogens (tertiary/aromatic N) is 1. The Balaban J connectivity index is 4.02. The molecule has 0 spiro atoms. The first-order valence-electron chi connectivity index (χ1n) is 9.51. The SMILES string of the molecule is CN=C(NCCCCCCC(=O)OC)NCC(C)(C)NC(=O)OC(C)(C)C. The van der Waals surface area contributed by atoms with Gasteiger partial charge in [-0.2, -0.15) is 0 Å². The van der Waals surface area contributed by atoms with E-state index in [2.05, 4.69) is 25.7 Å². The van der Waals surface area contributed by atoms with Gasteiger partial charge in [-0.3, -0.25) is 9.79 Å². The molecule has 0 bridgehead atoms. The van der Waals surface area contributed by atoms with Crippen LogP contribution < -0.4 is 16.0 Å². The van der Waals surface area contributed by atoms with Gasteiger partial charge in [0.15, 0.2) is 5.96 Å². The van der Waals surface area contributed by atoms with Crippen LogP contribution in [0.4, 0.5) is 4.79 Å². The van der Waals surface area contributed by atoms with Gasteiger partial charge in [-0.15, -0.1) is 0 Å². The van der Waals surface area contributed by atoms with Gasteiger partial charge in [-0.05, 0) is 47.5 Å². The van der Waals surface area contributed by atoms with Crippen molar-refractivity contribution in [3.63, 3.8) is 0 Å². The molecule has 8 nitrogen and oxygen atoms in total. The van der Waals surface area contributed by atoms with Crippen molar-refractivity contribution < 1.29 is 19.1 Å². The highest BCUT2D eigenvalue weighted by atomic mass is 16.6. The monoisotopic (exact) mass is 386 g/mol. The number of guanidine groups is 1. The van der Waals surface area contributed by atoms with E-state index >= 15 is 0 Å². The molecule has 1 amide bonds. The molecule has 0 aromatic heterocycles. The van der Waals surface area contributed by atoms with Gasteiger partial charge in [-0.25, -0.2) is 4.79 Å². The van der Waals surface area contributed by atoms with Gasteiger partial charge in [0.05, 0.1) is 12.6 Å². The molecule has 0 heterocycles. The molecule has 0 aliphatic carbocycles. The largest absolute Gasteiger partial charge is 0.469 e. The van der Waals surface area contributed by atoms with Crippen molar-refractivity contribution in [2.75, 3.05) is 27.2 Å². The van der Waals surface area contributed by atoms with Crippen LogP contribution in [0.2, 0.25) is 0 Å². The number of ether oxygens (including phenoxy) is 2. The molecule has 0 rings (SSSR count). The summed E-state index contributed by atoms with van der Waals surface area (Å²) < 4.78 is 9.90. The number of aliphatic imine (C=N–C) groups is 1. The molecule has 0 aliphatic rings. The second-order valence-electron chi connectivity index (χ2n) is 8.10. The van der Waals surface area contributed by atoms with Gasteiger partial charge >= 0.3 is 12.1 Å². The van der Waals surface area contributed by atoms with Crippen molar-refractivity contribution in [3.8, 4) is 0 Å². The van der Waals surface area contributed by atoms with E-state index in [4.69, 9.17) is 4.74 Å². The summed E-state index contributed by atoms with van der Waals surface area (Å²) in [5.74, 6) is 0.531. The summed E-state index contributed by atoms with van der Waals surface area (Å²) in [7, 11) is 3.12. The lowest BCUT2D eigenvalue weighted by Gasteiger charge is -2.29. The van der Waals surface area contributed by atoms with Crippen LogP contribution in [0.3, 0.4) is 0 Å². The third-order valence-corrected chi connectivity index (χ3v) is 3.59. The van der Waals surface area contributed by atoms with Crippen LogP contribution in [0.15, 0.2) is 4.99 Å². The molecule has 0 saturated heterocycles. The molecule has 27 heavy (non-hydrogen) atoms. The molecule has 158 valence electrons. The summed E-state index contributed by atoms with van der Waals surface area (Å²) in [6, 6.07) is 0. The normalized spacial score (nSPS) is 12.3. The van der Waals surface area contributed by atoms with E-state index in [1.54, 1.807) is 7.05 Å². The smallest absolute Gasteiger partial charge is 0.408 e. The number of hydrogen-bond donors (Lipinski definition) is 3. The summed E-state index contributed by atoms with van der Waals surface area (Å²) in [4.78, 5) is 27.1. The Bertz CT molecular complexity index is 485. The van der Waals surface area contributed by atoms with E-state index in [0.29, 0.717) is 18.9 Å². The molecule has 0 saturated carbocycles. The van der Waals surface area contributed by atoms with Crippen LogP contribution >= 0.6 is 0 Å². The number of hydrogen-bond acceptors (Lipinski definition) is 5. The number of rotatable bonds is 10. The van der Waals surface area contributed by atoms with Gasteiger partial charge in [0.2, 0.25) is 0 Å². The predicted octanol–water partition coefficient (Wildman–Crippen LogP) is 2.58. The Labute approximate surface area is 163 Å². The number of unbranched alkanes of at least 4 members (excludes halogenated alkanes) is 3. The number of nitrogens with one attached hydrogen (secondary N) is 3. The highest BCUT2D eigenvalue weighted by Crippen LogP contribution is 2.09. The fraction of sp³-hybridized carbons (Fsp3) is 0.842. The first-order chi connectivity index (χ1) is 12.5. The zero-order chi connectivity index (χ0) is 20.9. The van der Waals surface area contributed by atoms with Crippen molar-refractivity contribution in [1.82, 2.24) is 16.0 Å². The summed E-state index contributed by atoms with van der Waals surface area (Å²) in [5, 5.41) is 9.31. The van der Waals surface area contributed by atoms with Crippen molar-refractivity contribution in [1.29, 1.82) is 0 Å². The topological polar surface area (TPSA) is 101 Å². The zero-order valence-electron chi connectivity index (χ0n) is 18.0. The third kappa shape index (κ3) is 14.8. The molecular weight excluding hydrogens is 348 g/mol. The molecule has 0 aromatic carbocycles. The minimum absolute atomic E-state index is 0.152. The average Bonchev–Trinajstić information content (AvgIpc) is 2.53. The van der Waals surface area contributed by atoms with Crippen LogP contribution in [0.25, 0.3) is 0 Å². The lowest BCUT2D eigenvalue weighted by molar-refractivity contribution is -0.140. The molecule has 0 aliphatic heterocycles. The first kappa shape index (κ1) is 25.0. The van der Waals surface area contributed by atoms with Gasteiger partial charge in [0.25, 0.3) is 0 Å². The molecule has 0 fully saturated rings. The van der Waals surface area contributed by atoms with Gasteiger partial charge in [0, 0.05) is 26.6 Å². The number of carbonyl (C=O) groups is 2. The number of esters is 1. The van der Waals surface area contributed by atoms with E-state index in [1.807, 2.05) is 34.6 Å². The maximum atomic E-state index is 11.9. The molecule has 0 atom stereocenters. The Hall–Kier alpha value is -1.99. The van der Waals surface area contributed by atoms with Crippen molar-refractivity contribution in [2.24, 2.45) is 4.99 Å². The van der Waals surface area contributed by atoms with Crippen LogP contribution in [-0.4, -0.2) is 56.4 Å². The Morgan fingerprint density at radius 3 is 2.15 bits per heavy atom. The van der Waals surface area contributed by atoms with Crippen molar-refractivity contribution in [3.05, 3.63) is 0 Å². The Morgan fingerprint density at radius 1 is 0.963 bits per heavy atom. The van der Waals surface area contributed by atoms with E-state index in [9.17, 15) is 9.59 Å². The first-order valence-corrected chi connectivity index (χ1v) is 9.51. The average molecular weight is 387 g/mol. The summed E-state index contributed by atoms with van der Waals surface area (Å²) >= 11 is 0. The van der Waals surface area contributed by atoms with E-state index in [0.717, 1.165) is 32.2 Å². The molecule has 0 unspecified atom stereocenters. The maximum Gasteiger partial charge on any atom is 0.408 e. The van der Waals surface area contributed by atoms with E-state index < -0.39 is 17.2 Å². The summed E-state index contributed by atoms with van der Waals surface area (Å²) in [6.45, 7) is 10.6.